The van der Waals surface area contributed by atoms with Gasteiger partial charge in [-0.2, -0.15) is 5.10 Å². The van der Waals surface area contributed by atoms with E-state index in [0.29, 0.717) is 6.04 Å². The minimum absolute atomic E-state index is 0.0475. The first-order valence-electron chi connectivity index (χ1n) is 5.14. The van der Waals surface area contributed by atoms with Gasteiger partial charge in [0.05, 0.1) is 0 Å². The van der Waals surface area contributed by atoms with E-state index in [1.165, 1.54) is 19.4 Å². The van der Waals surface area contributed by atoms with Gasteiger partial charge in [-0.1, -0.05) is 0 Å². The molecule has 0 radical (unpaired) electrons. The van der Waals surface area contributed by atoms with Gasteiger partial charge in [-0.3, -0.25) is 4.90 Å². The van der Waals surface area contributed by atoms with E-state index in [1.54, 1.807) is 0 Å². The molecule has 1 atom stereocenters. The Kier molecular flexibility index (Phi) is 2.67. The Hall–Kier alpha value is -1.10. The van der Waals surface area contributed by atoms with Crippen LogP contribution >= 0.6 is 0 Å². The Morgan fingerprint density at radius 3 is 3.00 bits per heavy atom. The molecule has 14 heavy (non-hydrogen) atoms. The Labute approximate surface area is 83.8 Å². The Balaban J connectivity index is 1.97. The molecule has 2 fully saturated rings. The van der Waals surface area contributed by atoms with Gasteiger partial charge in [0.2, 0.25) is 5.96 Å². The number of rotatable bonds is 1. The van der Waals surface area contributed by atoms with Crippen molar-refractivity contribution in [3.05, 3.63) is 0 Å². The van der Waals surface area contributed by atoms with Crippen molar-refractivity contribution in [2.24, 2.45) is 21.7 Å². The second-order valence-corrected chi connectivity index (χ2v) is 3.98. The topological polar surface area (TPSA) is 80.0 Å². The number of nitrogens with two attached hydrogens (primary N) is 2. The van der Waals surface area contributed by atoms with Crippen LogP contribution in [0.4, 0.5) is 0 Å². The fourth-order valence-corrected chi connectivity index (χ4v) is 2.29. The highest BCUT2D eigenvalue weighted by atomic mass is 15.3. The molecule has 0 aromatic heterocycles. The molecule has 2 rings (SSSR count). The summed E-state index contributed by atoms with van der Waals surface area (Å²) in [5.41, 5.74) is 11.6. The minimum Gasteiger partial charge on any atom is -0.369 e. The first kappa shape index (κ1) is 9.45. The van der Waals surface area contributed by atoms with Crippen molar-refractivity contribution in [3.8, 4) is 0 Å². The number of guanidine groups is 1. The van der Waals surface area contributed by atoms with Crippen molar-refractivity contribution in [1.82, 2.24) is 4.90 Å². The lowest BCUT2D eigenvalue weighted by Gasteiger charge is -2.29. The van der Waals surface area contributed by atoms with Crippen LogP contribution in [0.25, 0.3) is 0 Å². The summed E-state index contributed by atoms with van der Waals surface area (Å²) >= 11 is 0. The summed E-state index contributed by atoms with van der Waals surface area (Å²) in [6.45, 7) is 2.36. The van der Waals surface area contributed by atoms with Crippen molar-refractivity contribution < 1.29 is 0 Å². The predicted molar refractivity (Wildman–Crippen MR) is 57.1 cm³/mol. The maximum atomic E-state index is 5.23. The number of hydrogen-bond donors (Lipinski definition) is 2. The number of piperidine rings is 1. The highest BCUT2D eigenvalue weighted by molar-refractivity contribution is 5.87. The van der Waals surface area contributed by atoms with Crippen molar-refractivity contribution >= 4 is 11.7 Å². The van der Waals surface area contributed by atoms with Crippen LogP contribution in [0, 0.1) is 0 Å². The molecule has 5 nitrogen and oxygen atoms in total. The third-order valence-corrected chi connectivity index (χ3v) is 2.96. The average Bonchev–Trinajstić information content (AvgIpc) is 2.61. The van der Waals surface area contributed by atoms with E-state index in [2.05, 4.69) is 15.1 Å². The molecule has 4 N–H and O–H groups in total. The van der Waals surface area contributed by atoms with Crippen LogP contribution in [-0.4, -0.2) is 35.7 Å². The van der Waals surface area contributed by atoms with Crippen molar-refractivity contribution in [2.45, 2.75) is 31.7 Å². The average molecular weight is 195 g/mol. The molecule has 0 aromatic carbocycles. The first-order valence-corrected chi connectivity index (χ1v) is 5.14. The zero-order chi connectivity index (χ0) is 9.97. The fourth-order valence-electron chi connectivity index (χ4n) is 2.29. The summed E-state index contributed by atoms with van der Waals surface area (Å²) in [4.78, 5) is 2.54. The zero-order valence-electron chi connectivity index (χ0n) is 8.32. The van der Waals surface area contributed by atoms with Gasteiger partial charge >= 0.3 is 0 Å². The smallest absolute Gasteiger partial charge is 0.211 e. The highest BCUT2D eigenvalue weighted by Gasteiger charge is 2.29. The Morgan fingerprint density at radius 1 is 1.36 bits per heavy atom. The van der Waals surface area contributed by atoms with Crippen molar-refractivity contribution in [1.29, 1.82) is 0 Å². The molecule has 0 spiro atoms. The highest BCUT2D eigenvalue weighted by Crippen LogP contribution is 2.25. The number of nitrogens with zero attached hydrogens (tertiary/aromatic N) is 3. The van der Waals surface area contributed by atoms with Crippen LogP contribution in [0.2, 0.25) is 0 Å². The molecule has 2 heterocycles. The van der Waals surface area contributed by atoms with Crippen LogP contribution in [0.15, 0.2) is 10.2 Å². The molecule has 2 aliphatic rings. The second kappa shape index (κ2) is 3.96. The maximum absolute atomic E-state index is 5.23. The lowest BCUT2D eigenvalue weighted by atomic mass is 10.0. The molecule has 0 amide bonds. The van der Waals surface area contributed by atoms with E-state index >= 15 is 0 Å². The van der Waals surface area contributed by atoms with Gasteiger partial charge < -0.3 is 11.5 Å². The maximum Gasteiger partial charge on any atom is 0.211 e. The van der Waals surface area contributed by atoms with E-state index in [9.17, 15) is 0 Å². The molecule has 78 valence electrons. The van der Waals surface area contributed by atoms with Crippen LogP contribution < -0.4 is 11.5 Å². The number of hydrogen-bond acceptors (Lipinski definition) is 3. The van der Waals surface area contributed by atoms with E-state index in [-0.39, 0.29) is 5.96 Å². The lowest BCUT2D eigenvalue weighted by Crippen LogP contribution is -2.38. The van der Waals surface area contributed by atoms with Crippen LogP contribution in [-0.2, 0) is 0 Å². The lowest BCUT2D eigenvalue weighted by molar-refractivity contribution is 0.249. The van der Waals surface area contributed by atoms with Crippen LogP contribution in [0.5, 0.6) is 0 Å². The summed E-state index contributed by atoms with van der Waals surface area (Å²) in [7, 11) is 0. The van der Waals surface area contributed by atoms with Crippen LogP contribution in [0.1, 0.15) is 25.7 Å². The largest absolute Gasteiger partial charge is 0.369 e. The molecule has 1 unspecified atom stereocenters. The van der Waals surface area contributed by atoms with Crippen LogP contribution in [0.3, 0.4) is 0 Å². The van der Waals surface area contributed by atoms with Gasteiger partial charge in [0, 0.05) is 31.1 Å². The summed E-state index contributed by atoms with van der Waals surface area (Å²) in [5, 5.41) is 7.78. The summed E-state index contributed by atoms with van der Waals surface area (Å²) in [5.74, 6) is 0.0475. The van der Waals surface area contributed by atoms with E-state index in [4.69, 9.17) is 11.5 Å². The van der Waals surface area contributed by atoms with Gasteiger partial charge in [-0.05, 0) is 19.4 Å². The quantitative estimate of drug-likeness (QED) is 0.347. The SMILES string of the molecule is NC(N)=NN=C1CCN2CCCC2C1. The van der Waals surface area contributed by atoms with Gasteiger partial charge in [0.1, 0.15) is 0 Å². The molecule has 0 bridgehead atoms. The molecule has 0 aliphatic carbocycles. The van der Waals surface area contributed by atoms with E-state index in [1.807, 2.05) is 0 Å². The Bertz CT molecular complexity index is 266. The molecule has 5 heteroatoms. The molecular formula is C9H17N5. The number of fused-ring (bicyclic) bond motifs is 1. The van der Waals surface area contributed by atoms with Crippen molar-refractivity contribution in [3.63, 3.8) is 0 Å². The predicted octanol–water partition coefficient (Wildman–Crippen LogP) is -0.126. The van der Waals surface area contributed by atoms with Gasteiger partial charge in [-0.25, -0.2) is 0 Å². The second-order valence-electron chi connectivity index (χ2n) is 3.98. The third-order valence-electron chi connectivity index (χ3n) is 2.96. The summed E-state index contributed by atoms with van der Waals surface area (Å²) in [6.07, 6.45) is 4.66. The monoisotopic (exact) mass is 195 g/mol. The van der Waals surface area contributed by atoms with Gasteiger partial charge in [0.15, 0.2) is 0 Å². The molecule has 0 saturated carbocycles. The summed E-state index contributed by atoms with van der Waals surface area (Å²) in [6, 6.07) is 0.691. The summed E-state index contributed by atoms with van der Waals surface area (Å²) < 4.78 is 0. The van der Waals surface area contributed by atoms with Crippen molar-refractivity contribution in [2.75, 3.05) is 13.1 Å². The molecule has 2 aliphatic heterocycles. The van der Waals surface area contributed by atoms with E-state index < -0.39 is 0 Å². The normalized spacial score (nSPS) is 30.3. The molecule has 2 saturated heterocycles. The van der Waals surface area contributed by atoms with Gasteiger partial charge in [0.25, 0.3) is 0 Å². The minimum atomic E-state index is 0.0475. The van der Waals surface area contributed by atoms with E-state index in [0.717, 1.165) is 25.1 Å². The van der Waals surface area contributed by atoms with Gasteiger partial charge in [-0.15, -0.1) is 5.10 Å². The standard InChI is InChI=1S/C9H17N5/c10-9(11)13-12-7-3-5-14-4-1-2-8(14)6-7/h8H,1-6H2,(H4,10,11,13). The fraction of sp³-hybridized carbons (Fsp3) is 0.778. The molecular weight excluding hydrogens is 178 g/mol. The zero-order valence-corrected chi connectivity index (χ0v) is 8.32. The molecule has 0 aromatic rings. The third kappa shape index (κ3) is 2.04. The Morgan fingerprint density at radius 2 is 2.21 bits per heavy atom. The first-order chi connectivity index (χ1) is 6.75.